The molecule has 2 saturated carbocycles. The van der Waals surface area contributed by atoms with Crippen molar-refractivity contribution >= 4 is 11.6 Å². The molecule has 0 aromatic carbocycles. The zero-order valence-corrected chi connectivity index (χ0v) is 19.5. The van der Waals surface area contributed by atoms with Crippen LogP contribution < -0.4 is 5.32 Å². The molecule has 6 fully saturated rings. The van der Waals surface area contributed by atoms with Crippen LogP contribution in [0.5, 0.6) is 0 Å². The molecule has 10 radical (unpaired) electrons. The van der Waals surface area contributed by atoms with Gasteiger partial charge in [-0.05, 0) is 84.1 Å². The van der Waals surface area contributed by atoms with Crippen LogP contribution >= 0.6 is 0 Å². The fraction of sp³-hybridized carbons (Fsp3) is 0.407. The Labute approximate surface area is 204 Å². The smallest absolute Gasteiger partial charge is 0.161 e. The number of piperidine rings is 2. The fourth-order valence-corrected chi connectivity index (χ4v) is 5.60. The summed E-state index contributed by atoms with van der Waals surface area (Å²) in [6.07, 6.45) is 26.3. The third-order valence-corrected chi connectivity index (χ3v) is 7.33. The van der Waals surface area contributed by atoms with E-state index in [9.17, 15) is 9.59 Å². The average molecular weight is 470 g/mol. The van der Waals surface area contributed by atoms with Crippen LogP contribution in [-0.2, 0) is 26.7 Å². The molecule has 2 aliphatic carbocycles. The molecule has 6 aliphatic rings. The molecule has 4 saturated heterocycles. The Hall–Kier alpha value is -0.741. The van der Waals surface area contributed by atoms with E-state index in [1.807, 2.05) is 44.6 Å². The zero-order chi connectivity index (χ0) is 21.4. The van der Waals surface area contributed by atoms with Gasteiger partial charge in [0.05, 0.1) is 0 Å². The molecule has 4 aliphatic heterocycles. The molecule has 4 heterocycles. The third-order valence-electron chi connectivity index (χ3n) is 7.33. The fourth-order valence-electron chi connectivity index (χ4n) is 5.60. The summed E-state index contributed by atoms with van der Waals surface area (Å²) in [6, 6.07) is 1.61. The maximum absolute atomic E-state index is 12.0. The van der Waals surface area contributed by atoms with E-state index in [2.05, 4.69) is 36.2 Å². The molecule has 0 aromatic heterocycles. The van der Waals surface area contributed by atoms with Crippen molar-refractivity contribution in [2.24, 2.45) is 0 Å². The number of nitrogens with zero attached hydrogens (tertiary/aromatic N) is 1. The van der Waals surface area contributed by atoms with E-state index in [4.69, 9.17) is 0 Å². The number of likely N-dealkylation sites (N-methyl/N-ethyl adjacent to an activating group) is 1. The molecular weight excluding hydrogens is 440 g/mol. The minimum atomic E-state index is 0. The Kier molecular flexibility index (Phi) is 8.14. The summed E-state index contributed by atoms with van der Waals surface area (Å²) in [5, 5.41) is 3.49. The molecular formula is C27H30FeN2O2. The van der Waals surface area contributed by atoms with Gasteiger partial charge in [-0.2, -0.15) is 0 Å². The number of hydrogen-bond donors (Lipinski definition) is 1. The van der Waals surface area contributed by atoms with Crippen molar-refractivity contribution in [1.29, 1.82) is 0 Å². The number of rotatable bonds is 2. The first-order valence-corrected chi connectivity index (χ1v) is 11.5. The number of carbonyl (C=O) groups excluding carboxylic acids is 2. The van der Waals surface area contributed by atoms with Crippen LogP contribution in [0.15, 0.2) is 23.3 Å². The van der Waals surface area contributed by atoms with E-state index >= 15 is 0 Å². The van der Waals surface area contributed by atoms with Gasteiger partial charge in [0.2, 0.25) is 0 Å². The Morgan fingerprint density at radius 2 is 1.41 bits per heavy atom. The molecule has 0 spiro atoms. The van der Waals surface area contributed by atoms with Crippen molar-refractivity contribution in [1.82, 2.24) is 10.2 Å². The topological polar surface area (TPSA) is 49.4 Å². The number of allylic oxidation sites excluding steroid dienone is 2. The van der Waals surface area contributed by atoms with Gasteiger partial charge in [0, 0.05) is 77.1 Å². The van der Waals surface area contributed by atoms with E-state index in [0.29, 0.717) is 48.6 Å². The van der Waals surface area contributed by atoms with Gasteiger partial charge in [0.25, 0.3) is 0 Å². The van der Waals surface area contributed by atoms with Crippen molar-refractivity contribution in [3.8, 4) is 0 Å². The van der Waals surface area contributed by atoms with Crippen LogP contribution in [0.1, 0.15) is 38.5 Å². The summed E-state index contributed by atoms with van der Waals surface area (Å²) in [6.45, 7) is 0. The van der Waals surface area contributed by atoms with Gasteiger partial charge in [0.1, 0.15) is 0 Å². The average Bonchev–Trinajstić information content (AvgIpc) is 3.53. The van der Waals surface area contributed by atoms with Crippen molar-refractivity contribution < 1.29 is 26.7 Å². The van der Waals surface area contributed by atoms with Crippen LogP contribution in [0.3, 0.4) is 0 Å². The number of nitrogens with one attached hydrogen (secondary N) is 1. The molecule has 0 amide bonds. The van der Waals surface area contributed by atoms with Crippen molar-refractivity contribution in [3.05, 3.63) is 86.5 Å². The minimum absolute atomic E-state index is 0. The second-order valence-electron chi connectivity index (χ2n) is 9.30. The third kappa shape index (κ3) is 5.17. The Morgan fingerprint density at radius 3 is 2.06 bits per heavy atom. The molecule has 1 N–H and O–H groups in total. The van der Waals surface area contributed by atoms with Crippen LogP contribution in [0, 0.1) is 63.2 Å². The Morgan fingerprint density at radius 1 is 0.812 bits per heavy atom. The minimum Gasteiger partial charge on any atom is -0.307 e. The summed E-state index contributed by atoms with van der Waals surface area (Å²) < 4.78 is 0. The van der Waals surface area contributed by atoms with Crippen molar-refractivity contribution in [3.63, 3.8) is 0 Å². The molecule has 5 heteroatoms. The molecule has 4 atom stereocenters. The van der Waals surface area contributed by atoms with Gasteiger partial charge < -0.3 is 5.32 Å². The van der Waals surface area contributed by atoms with Gasteiger partial charge in [-0.1, -0.05) is 12.2 Å². The molecule has 4 bridgehead atoms. The quantitative estimate of drug-likeness (QED) is 0.498. The van der Waals surface area contributed by atoms with Crippen LogP contribution in [-0.4, -0.2) is 47.7 Å². The normalized spacial score (nSPS) is 37.8. The maximum Gasteiger partial charge on any atom is 0.161 e. The SMILES string of the molecule is CN1C2CCC1/C(=C\[C]1[CH][CH][CH][CH]1)C(=O)C2.O=C1CC2CCC(N2)/C1=C\[C]1[CH][CH][CH][CH]1.[Fe]. The van der Waals surface area contributed by atoms with Gasteiger partial charge in [-0.15, -0.1) is 0 Å². The summed E-state index contributed by atoms with van der Waals surface area (Å²) in [5.74, 6) is 2.99. The monoisotopic (exact) mass is 470 g/mol. The van der Waals surface area contributed by atoms with E-state index in [1.165, 1.54) is 6.42 Å². The van der Waals surface area contributed by atoms with Crippen LogP contribution in [0.4, 0.5) is 0 Å². The molecule has 4 unspecified atom stereocenters. The second-order valence-corrected chi connectivity index (χ2v) is 9.30. The molecule has 168 valence electrons. The molecule has 32 heavy (non-hydrogen) atoms. The van der Waals surface area contributed by atoms with Gasteiger partial charge >= 0.3 is 0 Å². The number of fused-ring (bicyclic) bond motifs is 4. The molecule has 0 aromatic rings. The first-order valence-electron chi connectivity index (χ1n) is 11.5. The van der Waals surface area contributed by atoms with E-state index in [-0.39, 0.29) is 17.1 Å². The first-order chi connectivity index (χ1) is 15.1. The largest absolute Gasteiger partial charge is 0.307 e. The van der Waals surface area contributed by atoms with Crippen molar-refractivity contribution in [2.45, 2.75) is 62.7 Å². The summed E-state index contributed by atoms with van der Waals surface area (Å²) in [5.41, 5.74) is 2.00. The zero-order valence-electron chi connectivity index (χ0n) is 18.4. The predicted octanol–water partition coefficient (Wildman–Crippen LogP) is 3.16. The summed E-state index contributed by atoms with van der Waals surface area (Å²) in [7, 11) is 2.15. The summed E-state index contributed by atoms with van der Waals surface area (Å²) in [4.78, 5) is 26.3. The van der Waals surface area contributed by atoms with Crippen molar-refractivity contribution in [2.75, 3.05) is 7.05 Å². The summed E-state index contributed by atoms with van der Waals surface area (Å²) >= 11 is 0. The van der Waals surface area contributed by atoms with Gasteiger partial charge in [0.15, 0.2) is 11.6 Å². The standard InChI is InChI=1S/C14H16NO.C13H14NO.Fe/c1-15-11-6-7-13(15)12(14(16)9-11)8-10-4-2-3-5-10;15-13-8-10-5-6-12(14-10)11(13)7-9-3-1-2-4-9;/h2-5,8,11,13H,6-7,9H2,1H3;1-4,7,10,12,14H,5-6,8H2;/b12-8+;11-7+;. The Bertz CT molecular complexity index is 764. The van der Waals surface area contributed by atoms with E-state index < -0.39 is 0 Å². The van der Waals surface area contributed by atoms with Crippen LogP contribution in [0.2, 0.25) is 0 Å². The Balaban J connectivity index is 0.000000149. The van der Waals surface area contributed by atoms with Gasteiger partial charge in [-0.3, -0.25) is 14.5 Å². The van der Waals surface area contributed by atoms with E-state index in [0.717, 1.165) is 42.2 Å². The second kappa shape index (κ2) is 10.7. The number of carbonyl (C=O) groups is 2. The maximum atomic E-state index is 12.0. The van der Waals surface area contributed by atoms with Gasteiger partial charge in [-0.25, -0.2) is 0 Å². The number of Topliss-reactive ketones (excluding diaryl/α,β-unsaturated/α-hetero) is 2. The predicted molar refractivity (Wildman–Crippen MR) is 121 cm³/mol. The van der Waals surface area contributed by atoms with E-state index in [1.54, 1.807) is 0 Å². The molecule has 6 rings (SSSR count). The number of hydrogen-bond acceptors (Lipinski definition) is 4. The van der Waals surface area contributed by atoms with Crippen LogP contribution in [0.25, 0.3) is 0 Å². The number of ketones is 2. The molecule has 4 nitrogen and oxygen atoms in total. The first kappa shape index (κ1) is 24.4.